The summed E-state index contributed by atoms with van der Waals surface area (Å²) >= 11 is 8.09. The van der Waals surface area contributed by atoms with E-state index in [0.717, 1.165) is 0 Å². The molecule has 6 heteroatoms. The van der Waals surface area contributed by atoms with Crippen molar-refractivity contribution in [3.05, 3.63) is 32.5 Å². The van der Waals surface area contributed by atoms with Crippen LogP contribution in [0.2, 0.25) is 5.02 Å². The lowest BCUT2D eigenvalue weighted by Gasteiger charge is -2.25. The van der Waals surface area contributed by atoms with Crippen molar-refractivity contribution in [3.63, 3.8) is 0 Å². The maximum absolute atomic E-state index is 13.6. The largest absolute Gasteiger partial charge is 0.395 e. The number of hydrogen-bond donors (Lipinski definition) is 1. The second kappa shape index (κ2) is 4.55. The third kappa shape index (κ3) is 2.08. The molecule has 0 heterocycles. The summed E-state index contributed by atoms with van der Waals surface area (Å²) in [5, 5.41) is 8.18. The number of benzene rings is 1. The average molecular weight is 318 g/mol. The SMILES string of the molecule is CC(C)(CO)c1c(F)c(F)c(Cl)c(F)c1Br. The van der Waals surface area contributed by atoms with Crippen LogP contribution in [0.3, 0.4) is 0 Å². The maximum atomic E-state index is 13.6. The number of aliphatic hydroxyl groups is 1. The molecule has 0 radical (unpaired) electrons. The molecule has 0 unspecified atom stereocenters. The molecule has 1 nitrogen and oxygen atoms in total. The molecule has 0 bridgehead atoms. The summed E-state index contributed by atoms with van der Waals surface area (Å²) in [5.41, 5.74) is -1.38. The van der Waals surface area contributed by atoms with Crippen LogP contribution in [0, 0.1) is 17.5 Å². The fourth-order valence-electron chi connectivity index (χ4n) is 1.28. The molecule has 0 saturated carbocycles. The van der Waals surface area contributed by atoms with Crippen LogP contribution >= 0.6 is 27.5 Å². The minimum absolute atomic E-state index is 0.268. The Labute approximate surface area is 104 Å². The van der Waals surface area contributed by atoms with Crippen molar-refractivity contribution in [3.8, 4) is 0 Å². The normalized spacial score (nSPS) is 12.0. The van der Waals surface area contributed by atoms with Crippen LogP contribution in [-0.2, 0) is 5.41 Å². The van der Waals surface area contributed by atoms with Crippen molar-refractivity contribution in [1.29, 1.82) is 0 Å². The van der Waals surface area contributed by atoms with E-state index in [1.165, 1.54) is 13.8 Å². The molecule has 90 valence electrons. The summed E-state index contributed by atoms with van der Waals surface area (Å²) in [6.45, 7) is 2.47. The van der Waals surface area contributed by atoms with E-state index in [4.69, 9.17) is 16.7 Å². The van der Waals surface area contributed by atoms with E-state index in [2.05, 4.69) is 15.9 Å². The van der Waals surface area contributed by atoms with Crippen LogP contribution in [0.1, 0.15) is 19.4 Å². The molecule has 1 N–H and O–H groups in total. The zero-order valence-corrected chi connectivity index (χ0v) is 10.9. The first-order valence-electron chi connectivity index (χ1n) is 4.36. The summed E-state index contributed by atoms with van der Waals surface area (Å²) in [6, 6.07) is 0. The summed E-state index contributed by atoms with van der Waals surface area (Å²) < 4.78 is 40.0. The van der Waals surface area contributed by atoms with E-state index in [-0.39, 0.29) is 10.0 Å². The summed E-state index contributed by atoms with van der Waals surface area (Å²) in [4.78, 5) is 0. The first-order valence-corrected chi connectivity index (χ1v) is 5.54. The van der Waals surface area contributed by atoms with Gasteiger partial charge in [-0.2, -0.15) is 0 Å². The van der Waals surface area contributed by atoms with Crippen molar-refractivity contribution < 1.29 is 18.3 Å². The molecule has 1 aromatic rings. The van der Waals surface area contributed by atoms with Crippen molar-refractivity contribution in [2.24, 2.45) is 0 Å². The summed E-state index contributed by atoms with van der Waals surface area (Å²) in [7, 11) is 0. The lowest BCUT2D eigenvalue weighted by molar-refractivity contribution is 0.212. The minimum Gasteiger partial charge on any atom is -0.395 e. The van der Waals surface area contributed by atoms with Gasteiger partial charge in [0.15, 0.2) is 17.5 Å². The average Bonchev–Trinajstić information content (AvgIpc) is 2.23. The Morgan fingerprint density at radius 1 is 1.19 bits per heavy atom. The number of halogens is 5. The summed E-state index contributed by atoms with van der Waals surface area (Å²) in [6.07, 6.45) is 0. The molecule has 0 aliphatic rings. The lowest BCUT2D eigenvalue weighted by atomic mass is 9.85. The Morgan fingerprint density at radius 3 is 2.12 bits per heavy atom. The van der Waals surface area contributed by atoms with E-state index in [0.29, 0.717) is 0 Å². The van der Waals surface area contributed by atoms with Crippen LogP contribution in [0.25, 0.3) is 0 Å². The monoisotopic (exact) mass is 316 g/mol. The number of rotatable bonds is 2. The van der Waals surface area contributed by atoms with Crippen molar-refractivity contribution in [2.75, 3.05) is 6.61 Å². The third-order valence-corrected chi connectivity index (χ3v) is 3.36. The maximum Gasteiger partial charge on any atom is 0.180 e. The van der Waals surface area contributed by atoms with Gasteiger partial charge in [0, 0.05) is 11.0 Å². The fourth-order valence-corrected chi connectivity index (χ4v) is 2.48. The second-order valence-corrected chi connectivity index (χ2v) is 5.16. The van der Waals surface area contributed by atoms with E-state index in [1.54, 1.807) is 0 Å². The van der Waals surface area contributed by atoms with Gasteiger partial charge in [-0.3, -0.25) is 0 Å². The molecule has 0 atom stereocenters. The van der Waals surface area contributed by atoms with E-state index in [1.807, 2.05) is 0 Å². The predicted octanol–water partition coefficient (Wildman–Crippen LogP) is 3.79. The molecule has 0 amide bonds. The van der Waals surface area contributed by atoms with Gasteiger partial charge < -0.3 is 5.11 Å². The molecule has 16 heavy (non-hydrogen) atoms. The zero-order chi connectivity index (χ0) is 12.7. The predicted molar refractivity (Wildman–Crippen MR) is 59.1 cm³/mol. The number of hydrogen-bond acceptors (Lipinski definition) is 1. The van der Waals surface area contributed by atoms with Crippen molar-refractivity contribution >= 4 is 27.5 Å². The fraction of sp³-hybridized carbons (Fsp3) is 0.400. The highest BCUT2D eigenvalue weighted by atomic mass is 79.9. The molecule has 0 aliphatic heterocycles. The lowest BCUT2D eigenvalue weighted by Crippen LogP contribution is -2.25. The molecule has 1 rings (SSSR count). The molecule has 0 spiro atoms. The molecule has 0 aromatic heterocycles. The van der Waals surface area contributed by atoms with Crippen LogP contribution in [0.4, 0.5) is 13.2 Å². The van der Waals surface area contributed by atoms with Gasteiger partial charge in [0.25, 0.3) is 0 Å². The van der Waals surface area contributed by atoms with Gasteiger partial charge in [-0.1, -0.05) is 25.4 Å². The highest BCUT2D eigenvalue weighted by Crippen LogP contribution is 2.38. The standard InChI is InChI=1S/C10H9BrClF3O/c1-10(2,3-16)4-5(11)8(14)6(12)9(15)7(4)13/h16H,3H2,1-2H3. The molecular formula is C10H9BrClF3O. The van der Waals surface area contributed by atoms with Gasteiger partial charge >= 0.3 is 0 Å². The van der Waals surface area contributed by atoms with Gasteiger partial charge in [0.05, 0.1) is 11.1 Å². The zero-order valence-electron chi connectivity index (χ0n) is 8.54. The Bertz CT molecular complexity index is 406. The Hall–Kier alpha value is -0.260. The molecule has 0 saturated heterocycles. The Balaban J connectivity index is 3.65. The van der Waals surface area contributed by atoms with Gasteiger partial charge in [0.1, 0.15) is 5.02 Å². The Morgan fingerprint density at radius 2 is 1.69 bits per heavy atom. The van der Waals surface area contributed by atoms with Crippen LogP contribution in [0.5, 0.6) is 0 Å². The number of aliphatic hydroxyl groups excluding tert-OH is 1. The topological polar surface area (TPSA) is 20.2 Å². The highest BCUT2D eigenvalue weighted by Gasteiger charge is 2.32. The van der Waals surface area contributed by atoms with Gasteiger partial charge in [-0.25, -0.2) is 13.2 Å². The summed E-state index contributed by atoms with van der Waals surface area (Å²) in [5.74, 6) is -3.77. The molecule has 1 aromatic carbocycles. The van der Waals surface area contributed by atoms with E-state index >= 15 is 0 Å². The van der Waals surface area contributed by atoms with Gasteiger partial charge in [-0.05, 0) is 15.9 Å². The van der Waals surface area contributed by atoms with Crippen molar-refractivity contribution in [2.45, 2.75) is 19.3 Å². The van der Waals surface area contributed by atoms with Crippen LogP contribution in [0.15, 0.2) is 4.47 Å². The van der Waals surface area contributed by atoms with Crippen molar-refractivity contribution in [1.82, 2.24) is 0 Å². The first kappa shape index (κ1) is 13.8. The van der Waals surface area contributed by atoms with Crippen LogP contribution in [-0.4, -0.2) is 11.7 Å². The minimum atomic E-state index is -1.45. The first-order chi connectivity index (χ1) is 7.24. The molecule has 0 fully saturated rings. The highest BCUT2D eigenvalue weighted by molar-refractivity contribution is 9.10. The van der Waals surface area contributed by atoms with E-state index in [9.17, 15) is 13.2 Å². The van der Waals surface area contributed by atoms with Crippen LogP contribution < -0.4 is 0 Å². The third-order valence-electron chi connectivity index (χ3n) is 2.28. The second-order valence-electron chi connectivity index (χ2n) is 3.99. The smallest absolute Gasteiger partial charge is 0.180 e. The molecule has 0 aliphatic carbocycles. The van der Waals surface area contributed by atoms with Gasteiger partial charge in [-0.15, -0.1) is 0 Å². The quantitative estimate of drug-likeness (QED) is 0.650. The Kier molecular flexibility index (Phi) is 3.92. The van der Waals surface area contributed by atoms with E-state index < -0.39 is 34.5 Å². The molecular weight excluding hydrogens is 308 g/mol. The van der Waals surface area contributed by atoms with Gasteiger partial charge in [0.2, 0.25) is 0 Å².